The highest BCUT2D eigenvalue weighted by atomic mass is 32.1. The van der Waals surface area contributed by atoms with Gasteiger partial charge in [-0.2, -0.15) is 0 Å². The van der Waals surface area contributed by atoms with Crippen molar-refractivity contribution in [2.45, 2.75) is 33.3 Å². The molecule has 1 amide bonds. The molecule has 1 saturated heterocycles. The van der Waals surface area contributed by atoms with Crippen molar-refractivity contribution < 1.29 is 19.4 Å². The van der Waals surface area contributed by atoms with Crippen LogP contribution in [-0.4, -0.2) is 40.0 Å². The van der Waals surface area contributed by atoms with Gasteiger partial charge in [-0.05, 0) is 31.4 Å². The standard InChI is InChI=1S/C20H24N2O4S/c1-13-3-5-17(6-4-13)26-11-18-21-16(12-27-18)8-19(23)22-9-14(2)7-15(10-22)20(24)25/h3-6,12,14-15H,7-11H2,1-2H3,(H,24,25). The Morgan fingerprint density at radius 2 is 2.04 bits per heavy atom. The molecular weight excluding hydrogens is 364 g/mol. The van der Waals surface area contributed by atoms with E-state index < -0.39 is 11.9 Å². The monoisotopic (exact) mass is 388 g/mol. The Hall–Kier alpha value is -2.41. The number of nitrogens with zero attached hydrogens (tertiary/aromatic N) is 2. The number of benzene rings is 1. The Morgan fingerprint density at radius 1 is 1.30 bits per heavy atom. The van der Waals surface area contributed by atoms with Crippen LogP contribution in [0.3, 0.4) is 0 Å². The average Bonchev–Trinajstić information content (AvgIpc) is 3.08. The summed E-state index contributed by atoms with van der Waals surface area (Å²) in [6, 6.07) is 7.82. The third-order valence-electron chi connectivity index (χ3n) is 4.68. The molecular formula is C20H24N2O4S. The molecule has 1 fully saturated rings. The van der Waals surface area contributed by atoms with Gasteiger partial charge in [0.05, 0.1) is 18.0 Å². The molecule has 7 heteroatoms. The van der Waals surface area contributed by atoms with Crippen molar-refractivity contribution in [1.29, 1.82) is 0 Å². The fourth-order valence-electron chi connectivity index (χ4n) is 3.28. The zero-order chi connectivity index (χ0) is 19.4. The predicted molar refractivity (Wildman–Crippen MR) is 103 cm³/mol. The van der Waals surface area contributed by atoms with E-state index in [0.29, 0.717) is 25.3 Å². The number of carboxylic acid groups (broad SMARTS) is 1. The second kappa shape index (κ2) is 8.52. The first kappa shape index (κ1) is 19.4. The Labute approximate surface area is 162 Å². The van der Waals surface area contributed by atoms with Gasteiger partial charge in [-0.25, -0.2) is 4.98 Å². The van der Waals surface area contributed by atoms with E-state index in [1.165, 1.54) is 16.9 Å². The quantitative estimate of drug-likeness (QED) is 0.822. The number of hydrogen-bond donors (Lipinski definition) is 1. The third-order valence-corrected chi connectivity index (χ3v) is 5.55. The molecule has 0 saturated carbocycles. The van der Waals surface area contributed by atoms with E-state index in [1.807, 2.05) is 43.5 Å². The highest BCUT2D eigenvalue weighted by Gasteiger charge is 2.31. The molecule has 1 aliphatic rings. The number of hydrogen-bond acceptors (Lipinski definition) is 5. The van der Waals surface area contributed by atoms with Crippen LogP contribution in [0, 0.1) is 18.8 Å². The molecule has 1 aromatic carbocycles. The Bertz CT molecular complexity index is 803. The third kappa shape index (κ3) is 5.29. The van der Waals surface area contributed by atoms with Crippen LogP contribution >= 0.6 is 11.3 Å². The maximum atomic E-state index is 12.6. The van der Waals surface area contributed by atoms with Gasteiger partial charge in [-0.1, -0.05) is 24.6 Å². The van der Waals surface area contributed by atoms with Gasteiger partial charge in [0, 0.05) is 18.5 Å². The summed E-state index contributed by atoms with van der Waals surface area (Å²) in [6.07, 6.45) is 0.816. The van der Waals surface area contributed by atoms with Crippen LogP contribution in [0.5, 0.6) is 5.75 Å². The molecule has 0 radical (unpaired) electrons. The van der Waals surface area contributed by atoms with Crippen molar-refractivity contribution in [3.63, 3.8) is 0 Å². The number of aromatic nitrogens is 1. The van der Waals surface area contributed by atoms with Gasteiger partial charge >= 0.3 is 5.97 Å². The first-order valence-electron chi connectivity index (χ1n) is 9.04. The zero-order valence-electron chi connectivity index (χ0n) is 15.6. The SMILES string of the molecule is Cc1ccc(OCc2nc(CC(=O)N3CC(C)CC(C(=O)O)C3)cs2)cc1. The van der Waals surface area contributed by atoms with E-state index in [2.05, 4.69) is 4.98 Å². The van der Waals surface area contributed by atoms with E-state index >= 15 is 0 Å². The summed E-state index contributed by atoms with van der Waals surface area (Å²) < 4.78 is 5.72. The van der Waals surface area contributed by atoms with Crippen molar-refractivity contribution in [3.8, 4) is 5.75 Å². The highest BCUT2D eigenvalue weighted by Crippen LogP contribution is 2.23. The van der Waals surface area contributed by atoms with Gasteiger partial charge in [0.25, 0.3) is 0 Å². The molecule has 1 N–H and O–H groups in total. The van der Waals surface area contributed by atoms with E-state index in [-0.39, 0.29) is 24.8 Å². The number of aliphatic carboxylic acids is 1. The van der Waals surface area contributed by atoms with Crippen LogP contribution in [0.25, 0.3) is 0 Å². The number of ether oxygens (including phenoxy) is 1. The lowest BCUT2D eigenvalue weighted by Crippen LogP contribution is -2.46. The van der Waals surface area contributed by atoms with E-state index in [9.17, 15) is 14.7 Å². The molecule has 2 atom stereocenters. The number of piperidine rings is 1. The Morgan fingerprint density at radius 3 is 2.74 bits per heavy atom. The van der Waals surface area contributed by atoms with Crippen molar-refractivity contribution in [3.05, 3.63) is 45.9 Å². The molecule has 2 unspecified atom stereocenters. The summed E-state index contributed by atoms with van der Waals surface area (Å²) >= 11 is 1.47. The van der Waals surface area contributed by atoms with Crippen molar-refractivity contribution in [1.82, 2.24) is 9.88 Å². The molecule has 0 bridgehead atoms. The highest BCUT2D eigenvalue weighted by molar-refractivity contribution is 7.09. The molecule has 144 valence electrons. The fraction of sp³-hybridized carbons (Fsp3) is 0.450. The lowest BCUT2D eigenvalue weighted by atomic mass is 9.90. The van der Waals surface area contributed by atoms with Crippen molar-refractivity contribution in [2.75, 3.05) is 13.1 Å². The van der Waals surface area contributed by atoms with Crippen LogP contribution in [-0.2, 0) is 22.6 Å². The second-order valence-corrected chi connectivity index (χ2v) is 8.13. The van der Waals surface area contributed by atoms with Crippen molar-refractivity contribution >= 4 is 23.2 Å². The predicted octanol–water partition coefficient (Wildman–Crippen LogP) is 3.14. The van der Waals surface area contributed by atoms with Crippen LogP contribution in [0.15, 0.2) is 29.6 Å². The van der Waals surface area contributed by atoms with Gasteiger partial charge in [0.15, 0.2) is 0 Å². The second-order valence-electron chi connectivity index (χ2n) is 7.19. The maximum absolute atomic E-state index is 12.6. The first-order valence-corrected chi connectivity index (χ1v) is 9.92. The van der Waals surface area contributed by atoms with Gasteiger partial charge in [0.2, 0.25) is 5.91 Å². The molecule has 1 aromatic heterocycles. The Kier molecular flexibility index (Phi) is 6.11. The fourth-order valence-corrected chi connectivity index (χ4v) is 3.98. The van der Waals surface area contributed by atoms with Crippen LogP contribution in [0.2, 0.25) is 0 Å². The lowest BCUT2D eigenvalue weighted by Gasteiger charge is -2.34. The summed E-state index contributed by atoms with van der Waals surface area (Å²) in [5.74, 6) is -0.396. The zero-order valence-corrected chi connectivity index (χ0v) is 16.4. The average molecular weight is 388 g/mol. The van der Waals surface area contributed by atoms with Crippen LogP contribution in [0.4, 0.5) is 0 Å². The van der Waals surface area contributed by atoms with E-state index in [0.717, 1.165) is 10.8 Å². The molecule has 2 heterocycles. The van der Waals surface area contributed by atoms with Gasteiger partial charge < -0.3 is 14.7 Å². The van der Waals surface area contributed by atoms with Gasteiger partial charge in [-0.15, -0.1) is 11.3 Å². The molecule has 3 rings (SSSR count). The van der Waals surface area contributed by atoms with Gasteiger partial charge in [0.1, 0.15) is 17.4 Å². The lowest BCUT2D eigenvalue weighted by molar-refractivity contribution is -0.146. The van der Waals surface area contributed by atoms with Crippen LogP contribution < -0.4 is 4.74 Å². The number of carbonyl (C=O) groups is 2. The molecule has 0 aliphatic carbocycles. The summed E-state index contributed by atoms with van der Waals surface area (Å²) in [4.78, 5) is 30.0. The number of amides is 1. The Balaban J connectivity index is 1.54. The minimum Gasteiger partial charge on any atom is -0.486 e. The molecule has 1 aliphatic heterocycles. The molecule has 6 nitrogen and oxygen atoms in total. The van der Waals surface area contributed by atoms with E-state index in [4.69, 9.17) is 4.74 Å². The summed E-state index contributed by atoms with van der Waals surface area (Å²) in [7, 11) is 0. The minimum atomic E-state index is -0.830. The number of likely N-dealkylation sites (tertiary alicyclic amines) is 1. The van der Waals surface area contributed by atoms with Crippen LogP contribution in [0.1, 0.15) is 29.6 Å². The number of carboxylic acids is 1. The first-order chi connectivity index (χ1) is 12.9. The number of rotatable bonds is 6. The number of carbonyl (C=O) groups excluding carboxylic acids is 1. The van der Waals surface area contributed by atoms with E-state index in [1.54, 1.807) is 4.90 Å². The molecule has 2 aromatic rings. The number of aryl methyl sites for hydroxylation is 1. The normalized spacial score (nSPS) is 19.7. The molecule has 27 heavy (non-hydrogen) atoms. The summed E-state index contributed by atoms with van der Waals surface area (Å²) in [6.45, 7) is 5.26. The van der Waals surface area contributed by atoms with Crippen molar-refractivity contribution in [2.24, 2.45) is 11.8 Å². The largest absolute Gasteiger partial charge is 0.486 e. The smallest absolute Gasteiger partial charge is 0.308 e. The summed E-state index contributed by atoms with van der Waals surface area (Å²) in [5, 5.41) is 11.9. The maximum Gasteiger partial charge on any atom is 0.308 e. The summed E-state index contributed by atoms with van der Waals surface area (Å²) in [5.41, 5.74) is 1.88. The molecule has 0 spiro atoms. The topological polar surface area (TPSA) is 79.7 Å². The minimum absolute atomic E-state index is 0.0656. The number of thiazole rings is 1. The van der Waals surface area contributed by atoms with Gasteiger partial charge in [-0.3, -0.25) is 9.59 Å².